The van der Waals surface area contributed by atoms with Crippen LogP contribution in [0.3, 0.4) is 0 Å². The summed E-state index contributed by atoms with van der Waals surface area (Å²) in [6.45, 7) is 2.04. The summed E-state index contributed by atoms with van der Waals surface area (Å²) >= 11 is 0. The molecule has 0 saturated heterocycles. The largest absolute Gasteiger partial charge is 0.465 e. The van der Waals surface area contributed by atoms with Gasteiger partial charge in [0, 0.05) is 11.6 Å². The summed E-state index contributed by atoms with van der Waals surface area (Å²) in [6, 6.07) is 13.3. The highest BCUT2D eigenvalue weighted by Crippen LogP contribution is 2.20. The van der Waals surface area contributed by atoms with Crippen LogP contribution in [0.1, 0.15) is 15.9 Å². The number of carbonyl (C=O) groups excluding carboxylic acids is 1. The zero-order valence-electron chi connectivity index (χ0n) is 11.3. The van der Waals surface area contributed by atoms with Gasteiger partial charge in [-0.15, -0.1) is 0 Å². The van der Waals surface area contributed by atoms with E-state index in [0.717, 1.165) is 10.9 Å². The summed E-state index contributed by atoms with van der Waals surface area (Å²) in [5.74, 6) is -0.365. The van der Waals surface area contributed by atoms with E-state index in [9.17, 15) is 4.79 Å². The summed E-state index contributed by atoms with van der Waals surface area (Å²) < 4.78 is 6.53. The predicted octanol–water partition coefficient (Wildman–Crippen LogP) is 3.12. The molecule has 0 aliphatic carbocycles. The van der Waals surface area contributed by atoms with Crippen LogP contribution < -0.4 is 0 Å². The number of rotatable bonds is 2. The van der Waals surface area contributed by atoms with Gasteiger partial charge in [0.25, 0.3) is 0 Å². The van der Waals surface area contributed by atoms with Crippen molar-refractivity contribution in [2.24, 2.45) is 0 Å². The maximum Gasteiger partial charge on any atom is 0.340 e. The first-order valence-corrected chi connectivity index (χ1v) is 6.33. The first-order valence-electron chi connectivity index (χ1n) is 6.33. The maximum atomic E-state index is 11.8. The second kappa shape index (κ2) is 4.81. The monoisotopic (exact) mass is 266 g/mol. The van der Waals surface area contributed by atoms with Crippen molar-refractivity contribution in [1.29, 1.82) is 0 Å². The fourth-order valence-electron chi connectivity index (χ4n) is 2.22. The van der Waals surface area contributed by atoms with Crippen LogP contribution in [0.2, 0.25) is 0 Å². The molecule has 0 unspecified atom stereocenters. The Hall–Kier alpha value is -2.62. The topological polar surface area (TPSA) is 44.1 Å². The van der Waals surface area contributed by atoms with Crippen LogP contribution in [0.15, 0.2) is 48.7 Å². The zero-order chi connectivity index (χ0) is 14.1. The number of para-hydroxylation sites is 1. The molecule has 2 aromatic carbocycles. The second-order valence-electron chi connectivity index (χ2n) is 4.64. The van der Waals surface area contributed by atoms with Crippen LogP contribution in [0, 0.1) is 6.92 Å². The molecule has 1 aromatic heterocycles. The second-order valence-corrected chi connectivity index (χ2v) is 4.64. The average Bonchev–Trinajstić information content (AvgIpc) is 2.89. The van der Waals surface area contributed by atoms with Crippen molar-refractivity contribution in [1.82, 2.24) is 9.78 Å². The first kappa shape index (κ1) is 12.4. The fraction of sp³-hybridized carbons (Fsp3) is 0.125. The number of hydrogen-bond acceptors (Lipinski definition) is 3. The zero-order valence-corrected chi connectivity index (χ0v) is 11.3. The highest BCUT2D eigenvalue weighted by Gasteiger charge is 2.13. The maximum absolute atomic E-state index is 11.8. The molecule has 100 valence electrons. The smallest absolute Gasteiger partial charge is 0.340 e. The molecule has 0 saturated carbocycles. The number of carbonyl (C=O) groups is 1. The van der Waals surface area contributed by atoms with E-state index < -0.39 is 0 Å². The molecule has 0 radical (unpaired) electrons. The van der Waals surface area contributed by atoms with Gasteiger partial charge in [-0.1, -0.05) is 23.8 Å². The molecule has 0 atom stereocenters. The SMILES string of the molecule is COC(=O)c1ccccc1-n1cc2cc(C)ccc2n1. The molecule has 0 aliphatic rings. The molecule has 20 heavy (non-hydrogen) atoms. The number of aromatic nitrogens is 2. The minimum atomic E-state index is -0.365. The quantitative estimate of drug-likeness (QED) is 0.669. The third-order valence-corrected chi connectivity index (χ3v) is 3.22. The lowest BCUT2D eigenvalue weighted by Crippen LogP contribution is -2.07. The van der Waals surface area contributed by atoms with E-state index in [1.165, 1.54) is 12.7 Å². The van der Waals surface area contributed by atoms with Crippen molar-refractivity contribution in [3.05, 3.63) is 59.8 Å². The lowest BCUT2D eigenvalue weighted by Gasteiger charge is -2.06. The Morgan fingerprint density at radius 3 is 2.80 bits per heavy atom. The fourth-order valence-corrected chi connectivity index (χ4v) is 2.22. The normalized spacial score (nSPS) is 10.7. The van der Waals surface area contributed by atoms with Crippen LogP contribution in [0.4, 0.5) is 0 Å². The number of esters is 1. The summed E-state index contributed by atoms with van der Waals surface area (Å²) in [4.78, 5) is 11.8. The van der Waals surface area contributed by atoms with Crippen molar-refractivity contribution >= 4 is 16.9 Å². The summed E-state index contributed by atoms with van der Waals surface area (Å²) in [5.41, 5.74) is 3.29. The molecule has 4 heteroatoms. The van der Waals surface area contributed by atoms with Gasteiger partial charge in [0.05, 0.1) is 23.9 Å². The first-order chi connectivity index (χ1) is 9.69. The molecule has 0 N–H and O–H groups in total. The van der Waals surface area contributed by atoms with Crippen LogP contribution in [-0.2, 0) is 4.74 Å². The Morgan fingerprint density at radius 2 is 2.00 bits per heavy atom. The van der Waals surface area contributed by atoms with Gasteiger partial charge in [-0.3, -0.25) is 0 Å². The molecule has 0 fully saturated rings. The Morgan fingerprint density at radius 1 is 1.20 bits per heavy atom. The molecule has 0 spiro atoms. The van der Waals surface area contributed by atoms with Crippen molar-refractivity contribution in [3.8, 4) is 5.69 Å². The molecule has 0 aliphatic heterocycles. The van der Waals surface area contributed by atoms with E-state index in [4.69, 9.17) is 4.74 Å². The standard InChI is InChI=1S/C16H14N2O2/c1-11-7-8-14-12(9-11)10-18(17-14)15-6-4-3-5-13(15)16(19)20-2/h3-10H,1-2H3. The Kier molecular flexibility index (Phi) is 2.99. The highest BCUT2D eigenvalue weighted by atomic mass is 16.5. The van der Waals surface area contributed by atoms with E-state index in [0.29, 0.717) is 11.3 Å². The van der Waals surface area contributed by atoms with Gasteiger partial charge in [-0.25, -0.2) is 9.48 Å². The number of benzene rings is 2. The van der Waals surface area contributed by atoms with E-state index >= 15 is 0 Å². The van der Waals surface area contributed by atoms with Crippen LogP contribution in [0.25, 0.3) is 16.6 Å². The van der Waals surface area contributed by atoms with Gasteiger partial charge in [0.2, 0.25) is 0 Å². The number of fused-ring (bicyclic) bond motifs is 1. The molecule has 0 amide bonds. The Labute approximate surface area is 116 Å². The third-order valence-electron chi connectivity index (χ3n) is 3.22. The number of aryl methyl sites for hydroxylation is 1. The molecule has 1 heterocycles. The summed E-state index contributed by atoms with van der Waals surface area (Å²) in [7, 11) is 1.38. The molecule has 0 bridgehead atoms. The molecular formula is C16H14N2O2. The number of hydrogen-bond donors (Lipinski definition) is 0. The van der Waals surface area contributed by atoms with E-state index in [2.05, 4.69) is 11.2 Å². The Bertz CT molecular complexity index is 790. The van der Waals surface area contributed by atoms with Gasteiger partial charge in [-0.05, 0) is 31.2 Å². The van der Waals surface area contributed by atoms with Crippen LogP contribution in [-0.4, -0.2) is 22.9 Å². The predicted molar refractivity (Wildman–Crippen MR) is 77.1 cm³/mol. The average molecular weight is 266 g/mol. The van der Waals surface area contributed by atoms with Gasteiger partial charge in [-0.2, -0.15) is 5.10 Å². The molecule has 4 nitrogen and oxygen atoms in total. The molecular weight excluding hydrogens is 252 g/mol. The van der Waals surface area contributed by atoms with Crippen molar-refractivity contribution in [2.45, 2.75) is 6.92 Å². The summed E-state index contributed by atoms with van der Waals surface area (Å²) in [5, 5.41) is 5.56. The minimum absolute atomic E-state index is 0.365. The number of methoxy groups -OCH3 is 1. The number of ether oxygens (including phenoxy) is 1. The summed E-state index contributed by atoms with van der Waals surface area (Å²) in [6.07, 6.45) is 1.92. The van der Waals surface area contributed by atoms with E-state index in [-0.39, 0.29) is 5.97 Å². The molecule has 3 aromatic rings. The molecule has 3 rings (SSSR count). The van der Waals surface area contributed by atoms with Gasteiger partial charge in [0.1, 0.15) is 0 Å². The van der Waals surface area contributed by atoms with Crippen molar-refractivity contribution < 1.29 is 9.53 Å². The lowest BCUT2D eigenvalue weighted by molar-refractivity contribution is 0.0600. The van der Waals surface area contributed by atoms with Crippen LogP contribution >= 0.6 is 0 Å². The van der Waals surface area contributed by atoms with Crippen molar-refractivity contribution in [2.75, 3.05) is 7.11 Å². The van der Waals surface area contributed by atoms with Gasteiger partial charge < -0.3 is 4.74 Å². The lowest BCUT2D eigenvalue weighted by atomic mass is 10.2. The number of nitrogens with zero attached hydrogens (tertiary/aromatic N) is 2. The van der Waals surface area contributed by atoms with Gasteiger partial charge >= 0.3 is 5.97 Å². The van der Waals surface area contributed by atoms with E-state index in [1.807, 2.05) is 43.5 Å². The highest BCUT2D eigenvalue weighted by molar-refractivity contribution is 5.93. The van der Waals surface area contributed by atoms with Crippen LogP contribution in [0.5, 0.6) is 0 Å². The van der Waals surface area contributed by atoms with E-state index in [1.54, 1.807) is 10.7 Å². The van der Waals surface area contributed by atoms with Gasteiger partial charge in [0.15, 0.2) is 0 Å². The minimum Gasteiger partial charge on any atom is -0.465 e. The van der Waals surface area contributed by atoms with Crippen molar-refractivity contribution in [3.63, 3.8) is 0 Å². The third kappa shape index (κ3) is 2.05. The Balaban J connectivity index is 2.18.